The first kappa shape index (κ1) is 11.0. The van der Waals surface area contributed by atoms with Gasteiger partial charge in [-0.3, -0.25) is 0 Å². The Balaban J connectivity index is 1.83. The quantitative estimate of drug-likeness (QED) is 0.831. The molecule has 2 rings (SSSR count). The molecule has 1 unspecified atom stereocenters. The van der Waals surface area contributed by atoms with Gasteiger partial charge in [-0.05, 0) is 18.9 Å². The van der Waals surface area contributed by atoms with Crippen molar-refractivity contribution < 1.29 is 4.74 Å². The molecule has 1 saturated heterocycles. The van der Waals surface area contributed by atoms with Crippen molar-refractivity contribution in [2.45, 2.75) is 26.3 Å². The van der Waals surface area contributed by atoms with Gasteiger partial charge in [0, 0.05) is 37.3 Å². The third-order valence-electron chi connectivity index (χ3n) is 2.64. The van der Waals surface area contributed by atoms with Crippen molar-refractivity contribution in [1.82, 2.24) is 10.3 Å². The molecule has 84 valence electrons. The molecule has 3 nitrogen and oxygen atoms in total. The summed E-state index contributed by atoms with van der Waals surface area (Å²) in [5, 5.41) is 4.58. The molecule has 1 aromatic rings. The Morgan fingerprint density at radius 3 is 3.33 bits per heavy atom. The smallest absolute Gasteiger partial charge is 0.0931 e. The number of aromatic nitrogens is 1. The van der Waals surface area contributed by atoms with Crippen LogP contribution in [0.4, 0.5) is 0 Å². The SMILES string of the molecule is CCNCc1cnc(CC2CCOC2)s1. The molecule has 2 heterocycles. The van der Waals surface area contributed by atoms with Crippen LogP contribution in [0.25, 0.3) is 0 Å². The normalized spacial score (nSPS) is 21.0. The Bertz CT molecular complexity index is 295. The summed E-state index contributed by atoms with van der Waals surface area (Å²) in [6, 6.07) is 0. The summed E-state index contributed by atoms with van der Waals surface area (Å²) < 4.78 is 5.37. The second kappa shape index (κ2) is 5.58. The number of nitrogens with one attached hydrogen (secondary N) is 1. The Morgan fingerprint density at radius 2 is 2.60 bits per heavy atom. The minimum atomic E-state index is 0.697. The molecule has 0 saturated carbocycles. The van der Waals surface area contributed by atoms with E-state index < -0.39 is 0 Å². The van der Waals surface area contributed by atoms with Crippen LogP contribution in [-0.4, -0.2) is 24.7 Å². The van der Waals surface area contributed by atoms with Crippen LogP contribution in [0.15, 0.2) is 6.20 Å². The molecule has 1 fully saturated rings. The van der Waals surface area contributed by atoms with E-state index >= 15 is 0 Å². The second-order valence-electron chi connectivity index (χ2n) is 3.93. The van der Waals surface area contributed by atoms with Crippen LogP contribution in [0.2, 0.25) is 0 Å². The molecule has 15 heavy (non-hydrogen) atoms. The summed E-state index contributed by atoms with van der Waals surface area (Å²) in [6.07, 6.45) is 4.29. The van der Waals surface area contributed by atoms with Gasteiger partial charge in [0.2, 0.25) is 0 Å². The van der Waals surface area contributed by atoms with Gasteiger partial charge < -0.3 is 10.1 Å². The van der Waals surface area contributed by atoms with Gasteiger partial charge in [0.1, 0.15) is 0 Å². The number of nitrogens with zero attached hydrogens (tertiary/aromatic N) is 1. The zero-order valence-corrected chi connectivity index (χ0v) is 9.98. The molecule has 4 heteroatoms. The zero-order valence-electron chi connectivity index (χ0n) is 9.16. The molecule has 1 N–H and O–H groups in total. The summed E-state index contributed by atoms with van der Waals surface area (Å²) >= 11 is 1.83. The number of hydrogen-bond acceptors (Lipinski definition) is 4. The van der Waals surface area contributed by atoms with Crippen LogP contribution in [0.1, 0.15) is 23.2 Å². The molecule has 0 aliphatic carbocycles. The lowest BCUT2D eigenvalue weighted by Gasteiger charge is -2.02. The molecule has 0 aromatic carbocycles. The lowest BCUT2D eigenvalue weighted by Crippen LogP contribution is -2.10. The van der Waals surface area contributed by atoms with E-state index in [1.165, 1.54) is 16.3 Å². The van der Waals surface area contributed by atoms with Gasteiger partial charge in [0.25, 0.3) is 0 Å². The van der Waals surface area contributed by atoms with Crippen molar-refractivity contribution in [1.29, 1.82) is 0 Å². The van der Waals surface area contributed by atoms with Crippen molar-refractivity contribution in [3.05, 3.63) is 16.1 Å². The summed E-state index contributed by atoms with van der Waals surface area (Å²) in [5.41, 5.74) is 0. The molecule has 0 spiro atoms. The average Bonchev–Trinajstić information content (AvgIpc) is 2.87. The molecule has 0 bridgehead atoms. The van der Waals surface area contributed by atoms with E-state index in [0.29, 0.717) is 5.92 Å². The van der Waals surface area contributed by atoms with Crippen LogP contribution in [0, 0.1) is 5.92 Å². The van der Waals surface area contributed by atoms with Crippen LogP contribution in [-0.2, 0) is 17.7 Å². The molecule has 0 radical (unpaired) electrons. The second-order valence-corrected chi connectivity index (χ2v) is 5.13. The van der Waals surface area contributed by atoms with Gasteiger partial charge in [0.05, 0.1) is 5.01 Å². The van der Waals surface area contributed by atoms with E-state index in [2.05, 4.69) is 17.2 Å². The maximum Gasteiger partial charge on any atom is 0.0931 e. The fourth-order valence-corrected chi connectivity index (χ4v) is 2.77. The summed E-state index contributed by atoms with van der Waals surface area (Å²) in [5.74, 6) is 0.697. The summed E-state index contributed by atoms with van der Waals surface area (Å²) in [7, 11) is 0. The summed E-state index contributed by atoms with van der Waals surface area (Å²) in [6.45, 7) is 5.94. The Hall–Kier alpha value is -0.450. The molecule has 1 aliphatic rings. The fraction of sp³-hybridized carbons (Fsp3) is 0.727. The van der Waals surface area contributed by atoms with Gasteiger partial charge in [-0.25, -0.2) is 4.98 Å². The first-order valence-corrected chi connectivity index (χ1v) is 6.42. The summed E-state index contributed by atoms with van der Waals surface area (Å²) in [4.78, 5) is 5.79. The Morgan fingerprint density at radius 1 is 1.67 bits per heavy atom. The average molecular weight is 226 g/mol. The van der Waals surface area contributed by atoms with Gasteiger partial charge in [-0.2, -0.15) is 0 Å². The zero-order chi connectivity index (χ0) is 10.5. The van der Waals surface area contributed by atoms with Crippen molar-refractivity contribution in [2.24, 2.45) is 5.92 Å². The minimum absolute atomic E-state index is 0.697. The number of rotatable bonds is 5. The fourth-order valence-electron chi connectivity index (χ4n) is 1.76. The molecule has 1 aromatic heterocycles. The van der Waals surface area contributed by atoms with E-state index in [1.807, 2.05) is 17.5 Å². The van der Waals surface area contributed by atoms with E-state index in [4.69, 9.17) is 4.74 Å². The van der Waals surface area contributed by atoms with Gasteiger partial charge >= 0.3 is 0 Å². The molecule has 0 amide bonds. The maximum absolute atomic E-state index is 5.37. The van der Waals surface area contributed by atoms with Crippen LogP contribution in [0.5, 0.6) is 0 Å². The molecule has 1 atom stereocenters. The highest BCUT2D eigenvalue weighted by molar-refractivity contribution is 7.11. The number of ether oxygens (including phenoxy) is 1. The number of thiazole rings is 1. The van der Waals surface area contributed by atoms with E-state index in [9.17, 15) is 0 Å². The van der Waals surface area contributed by atoms with Crippen LogP contribution in [0.3, 0.4) is 0 Å². The standard InChI is InChI=1S/C11H18N2OS/c1-2-12-6-10-7-13-11(15-10)5-9-3-4-14-8-9/h7,9,12H,2-6,8H2,1H3. The van der Waals surface area contributed by atoms with Crippen LogP contribution < -0.4 is 5.32 Å². The number of hydrogen-bond donors (Lipinski definition) is 1. The third-order valence-corrected chi connectivity index (χ3v) is 3.66. The highest BCUT2D eigenvalue weighted by atomic mass is 32.1. The molecular formula is C11H18N2OS. The third kappa shape index (κ3) is 3.26. The first-order valence-electron chi connectivity index (χ1n) is 5.60. The minimum Gasteiger partial charge on any atom is -0.381 e. The Labute approximate surface area is 94.9 Å². The van der Waals surface area contributed by atoms with E-state index in [1.54, 1.807) is 0 Å². The monoisotopic (exact) mass is 226 g/mol. The first-order chi connectivity index (χ1) is 7.38. The van der Waals surface area contributed by atoms with Gasteiger partial charge in [-0.1, -0.05) is 6.92 Å². The van der Waals surface area contributed by atoms with Crippen molar-refractivity contribution in [2.75, 3.05) is 19.8 Å². The van der Waals surface area contributed by atoms with Crippen molar-refractivity contribution in [3.8, 4) is 0 Å². The topological polar surface area (TPSA) is 34.2 Å². The van der Waals surface area contributed by atoms with Gasteiger partial charge in [0.15, 0.2) is 0 Å². The highest BCUT2D eigenvalue weighted by Gasteiger charge is 2.17. The lowest BCUT2D eigenvalue weighted by molar-refractivity contribution is 0.186. The molecular weight excluding hydrogens is 208 g/mol. The largest absolute Gasteiger partial charge is 0.381 e. The maximum atomic E-state index is 5.37. The van der Waals surface area contributed by atoms with E-state index in [0.717, 1.165) is 32.7 Å². The molecule has 1 aliphatic heterocycles. The lowest BCUT2D eigenvalue weighted by atomic mass is 10.1. The van der Waals surface area contributed by atoms with Crippen molar-refractivity contribution >= 4 is 11.3 Å². The van der Waals surface area contributed by atoms with E-state index in [-0.39, 0.29) is 0 Å². The van der Waals surface area contributed by atoms with Crippen LogP contribution >= 0.6 is 11.3 Å². The predicted molar refractivity (Wildman–Crippen MR) is 62.1 cm³/mol. The predicted octanol–water partition coefficient (Wildman–Crippen LogP) is 1.83. The highest BCUT2D eigenvalue weighted by Crippen LogP contribution is 2.21. The van der Waals surface area contributed by atoms with Gasteiger partial charge in [-0.15, -0.1) is 11.3 Å². The van der Waals surface area contributed by atoms with Crippen molar-refractivity contribution in [3.63, 3.8) is 0 Å². The Kier molecular flexibility index (Phi) is 4.11.